The predicted octanol–water partition coefficient (Wildman–Crippen LogP) is 1.65. The molecule has 3 N–H and O–H groups in total. The van der Waals surface area contributed by atoms with E-state index < -0.39 is 0 Å². The minimum Gasteiger partial charge on any atom is -0.497 e. The van der Waals surface area contributed by atoms with Crippen LogP contribution in [0.25, 0.3) is 0 Å². The molecule has 0 radical (unpaired) electrons. The predicted molar refractivity (Wildman–Crippen MR) is 66.6 cm³/mol. The van der Waals surface area contributed by atoms with E-state index in [1.54, 1.807) is 6.07 Å². The second kappa shape index (κ2) is 6.08. The Kier molecular flexibility index (Phi) is 4.75. The van der Waals surface area contributed by atoms with Gasteiger partial charge in [-0.25, -0.2) is 9.38 Å². The van der Waals surface area contributed by atoms with Gasteiger partial charge in [0.15, 0.2) is 5.96 Å². The highest BCUT2D eigenvalue weighted by molar-refractivity contribution is 5.78. The quantitative estimate of drug-likeness (QED) is 0.620. The van der Waals surface area contributed by atoms with E-state index >= 15 is 0 Å². The highest BCUT2D eigenvalue weighted by atomic mass is 19.1. The third-order valence-electron chi connectivity index (χ3n) is 2.04. The van der Waals surface area contributed by atoms with Gasteiger partial charge in [0.05, 0.1) is 13.7 Å². The molecule has 17 heavy (non-hydrogen) atoms. The van der Waals surface area contributed by atoms with Gasteiger partial charge in [-0.15, -0.1) is 0 Å². The maximum Gasteiger partial charge on any atom is 0.189 e. The average Bonchev–Trinajstić information content (AvgIpc) is 2.24. The zero-order chi connectivity index (χ0) is 12.8. The Morgan fingerprint density at radius 1 is 1.47 bits per heavy atom. The van der Waals surface area contributed by atoms with Crippen LogP contribution in [0.15, 0.2) is 23.2 Å². The number of benzene rings is 1. The summed E-state index contributed by atoms with van der Waals surface area (Å²) in [5.41, 5.74) is 6.36. The topological polar surface area (TPSA) is 59.6 Å². The first-order valence-electron chi connectivity index (χ1n) is 5.41. The lowest BCUT2D eigenvalue weighted by Gasteiger charge is -2.08. The lowest BCUT2D eigenvalue weighted by atomic mass is 10.2. The average molecular weight is 239 g/mol. The molecule has 0 unspecified atom stereocenters. The van der Waals surface area contributed by atoms with Gasteiger partial charge >= 0.3 is 0 Å². The molecule has 94 valence electrons. The Morgan fingerprint density at radius 3 is 2.76 bits per heavy atom. The molecule has 0 aliphatic carbocycles. The number of rotatable bonds is 4. The van der Waals surface area contributed by atoms with Crippen molar-refractivity contribution in [2.24, 2.45) is 10.7 Å². The van der Waals surface area contributed by atoms with Crippen molar-refractivity contribution in [1.29, 1.82) is 0 Å². The van der Waals surface area contributed by atoms with Crippen molar-refractivity contribution in [3.8, 4) is 5.75 Å². The standard InChI is InChI=1S/C12H18FN3O/c1-8(2)16-12(14)15-7-9-4-10(13)6-11(5-9)17-3/h4-6,8H,7H2,1-3H3,(H3,14,15,16). The number of nitrogens with one attached hydrogen (secondary N) is 1. The number of nitrogens with zero attached hydrogens (tertiary/aromatic N) is 1. The first kappa shape index (κ1) is 13.3. The summed E-state index contributed by atoms with van der Waals surface area (Å²) < 4.78 is 18.1. The summed E-state index contributed by atoms with van der Waals surface area (Å²) >= 11 is 0. The van der Waals surface area contributed by atoms with E-state index in [1.807, 2.05) is 13.8 Å². The summed E-state index contributed by atoms with van der Waals surface area (Å²) in [6.45, 7) is 4.25. The molecule has 0 heterocycles. The Balaban J connectivity index is 2.71. The number of halogens is 1. The van der Waals surface area contributed by atoms with Gasteiger partial charge in [0, 0.05) is 12.1 Å². The molecule has 0 aliphatic heterocycles. The van der Waals surface area contributed by atoms with Crippen LogP contribution in [0.5, 0.6) is 5.75 Å². The molecule has 0 bridgehead atoms. The monoisotopic (exact) mass is 239 g/mol. The van der Waals surface area contributed by atoms with Crippen molar-refractivity contribution >= 4 is 5.96 Å². The molecular formula is C12H18FN3O. The van der Waals surface area contributed by atoms with E-state index in [1.165, 1.54) is 19.2 Å². The van der Waals surface area contributed by atoms with Gasteiger partial charge in [-0.2, -0.15) is 0 Å². The smallest absolute Gasteiger partial charge is 0.189 e. The van der Waals surface area contributed by atoms with Crippen molar-refractivity contribution < 1.29 is 9.13 Å². The Hall–Kier alpha value is -1.78. The molecule has 5 heteroatoms. The van der Waals surface area contributed by atoms with Gasteiger partial charge in [-0.05, 0) is 31.5 Å². The van der Waals surface area contributed by atoms with Crippen molar-refractivity contribution in [2.75, 3.05) is 7.11 Å². The van der Waals surface area contributed by atoms with Crippen LogP contribution >= 0.6 is 0 Å². The Labute approximate surface area is 101 Å². The van der Waals surface area contributed by atoms with Gasteiger partial charge in [0.25, 0.3) is 0 Å². The molecule has 0 fully saturated rings. The van der Waals surface area contributed by atoms with E-state index in [0.29, 0.717) is 18.3 Å². The maximum absolute atomic E-state index is 13.2. The van der Waals surface area contributed by atoms with Crippen LogP contribution in [0, 0.1) is 5.82 Å². The van der Waals surface area contributed by atoms with E-state index in [9.17, 15) is 4.39 Å². The summed E-state index contributed by atoms with van der Waals surface area (Å²) in [4.78, 5) is 4.11. The van der Waals surface area contributed by atoms with Crippen molar-refractivity contribution in [3.05, 3.63) is 29.6 Å². The summed E-state index contributed by atoms with van der Waals surface area (Å²) in [6.07, 6.45) is 0. The van der Waals surface area contributed by atoms with Gasteiger partial charge in [0.1, 0.15) is 11.6 Å². The second-order valence-corrected chi connectivity index (χ2v) is 4.00. The van der Waals surface area contributed by atoms with Crippen molar-refractivity contribution in [2.45, 2.75) is 26.4 Å². The third-order valence-corrected chi connectivity index (χ3v) is 2.04. The lowest BCUT2D eigenvalue weighted by molar-refractivity contribution is 0.410. The van der Waals surface area contributed by atoms with Crippen molar-refractivity contribution in [1.82, 2.24) is 5.32 Å². The van der Waals surface area contributed by atoms with Crippen LogP contribution in [0.3, 0.4) is 0 Å². The van der Waals surface area contributed by atoms with Crippen LogP contribution in [0.1, 0.15) is 19.4 Å². The first-order chi connectivity index (χ1) is 8.01. The summed E-state index contributed by atoms with van der Waals surface area (Å²) in [6, 6.07) is 4.69. The molecule has 0 aromatic heterocycles. The molecule has 0 spiro atoms. The van der Waals surface area contributed by atoms with Gasteiger partial charge in [-0.1, -0.05) is 0 Å². The molecular weight excluding hydrogens is 221 g/mol. The maximum atomic E-state index is 13.2. The lowest BCUT2D eigenvalue weighted by Crippen LogP contribution is -2.36. The van der Waals surface area contributed by atoms with Gasteiger partial charge in [-0.3, -0.25) is 0 Å². The molecule has 1 rings (SSSR count). The van der Waals surface area contributed by atoms with Crippen LogP contribution in [-0.4, -0.2) is 19.1 Å². The second-order valence-electron chi connectivity index (χ2n) is 4.00. The zero-order valence-electron chi connectivity index (χ0n) is 10.3. The molecule has 0 saturated carbocycles. The largest absolute Gasteiger partial charge is 0.497 e. The number of ether oxygens (including phenoxy) is 1. The van der Waals surface area contributed by atoms with E-state index in [0.717, 1.165) is 5.56 Å². The number of guanidine groups is 1. The highest BCUT2D eigenvalue weighted by Crippen LogP contribution is 2.16. The molecule has 4 nitrogen and oxygen atoms in total. The Morgan fingerprint density at radius 2 is 2.18 bits per heavy atom. The summed E-state index contributed by atoms with van der Waals surface area (Å²) in [5, 5.41) is 2.96. The van der Waals surface area contributed by atoms with Crippen molar-refractivity contribution in [3.63, 3.8) is 0 Å². The van der Waals surface area contributed by atoms with Crippen LogP contribution in [-0.2, 0) is 6.54 Å². The van der Waals surface area contributed by atoms with E-state index in [2.05, 4.69) is 10.3 Å². The van der Waals surface area contributed by atoms with Gasteiger partial charge in [0.2, 0.25) is 0 Å². The Bertz CT molecular complexity index is 405. The molecule has 0 saturated heterocycles. The SMILES string of the molecule is COc1cc(F)cc(CN=C(N)NC(C)C)c1. The normalized spacial score (nSPS) is 11.7. The fraction of sp³-hybridized carbons (Fsp3) is 0.417. The fourth-order valence-electron chi connectivity index (χ4n) is 1.35. The van der Waals surface area contributed by atoms with E-state index in [4.69, 9.17) is 10.5 Å². The molecule has 1 aromatic carbocycles. The minimum atomic E-state index is -0.343. The number of methoxy groups -OCH3 is 1. The number of hydrogen-bond donors (Lipinski definition) is 2. The highest BCUT2D eigenvalue weighted by Gasteiger charge is 2.01. The van der Waals surface area contributed by atoms with Gasteiger partial charge < -0.3 is 15.8 Å². The molecule has 1 aromatic rings. The number of aliphatic imine (C=N–C) groups is 1. The summed E-state index contributed by atoms with van der Waals surface area (Å²) in [5.74, 6) is 0.485. The molecule has 0 atom stereocenters. The van der Waals surface area contributed by atoms with Crippen LogP contribution < -0.4 is 15.8 Å². The number of hydrogen-bond acceptors (Lipinski definition) is 2. The number of nitrogens with two attached hydrogens (primary N) is 1. The van der Waals surface area contributed by atoms with Crippen LogP contribution in [0.2, 0.25) is 0 Å². The zero-order valence-corrected chi connectivity index (χ0v) is 10.3. The fourth-order valence-corrected chi connectivity index (χ4v) is 1.35. The summed E-state index contributed by atoms with van der Waals surface area (Å²) in [7, 11) is 1.50. The molecule has 0 aliphatic rings. The molecule has 0 amide bonds. The first-order valence-corrected chi connectivity index (χ1v) is 5.41. The minimum absolute atomic E-state index is 0.223. The van der Waals surface area contributed by atoms with E-state index in [-0.39, 0.29) is 11.9 Å². The third kappa shape index (κ3) is 4.72. The van der Waals surface area contributed by atoms with Crippen LogP contribution in [0.4, 0.5) is 4.39 Å².